The average molecular weight is 244 g/mol. The van der Waals surface area contributed by atoms with E-state index in [0.29, 0.717) is 12.1 Å². The van der Waals surface area contributed by atoms with Gasteiger partial charge in [-0.2, -0.15) is 0 Å². The number of phenols is 1. The first kappa shape index (κ1) is 13.9. The molecule has 0 aliphatic heterocycles. The molecule has 96 valence electrons. The van der Waals surface area contributed by atoms with Crippen LogP contribution >= 0.6 is 0 Å². The lowest BCUT2D eigenvalue weighted by Crippen LogP contribution is -2.21. The average Bonchev–Trinajstić information content (AvgIpc) is 2.25. The third-order valence-electron chi connectivity index (χ3n) is 2.36. The summed E-state index contributed by atoms with van der Waals surface area (Å²) in [5.41, 5.74) is 0.489. The molecule has 0 bridgehead atoms. The summed E-state index contributed by atoms with van der Waals surface area (Å²) in [4.78, 5) is 2.07. The molecule has 0 aliphatic rings. The van der Waals surface area contributed by atoms with Crippen LogP contribution in [0.25, 0.3) is 0 Å². The highest BCUT2D eigenvalue weighted by atomic mass is 19.1. The molecule has 0 heterocycles. The van der Waals surface area contributed by atoms with Gasteiger partial charge in [0, 0.05) is 6.54 Å². The van der Waals surface area contributed by atoms with Gasteiger partial charge in [-0.3, -0.25) is 0 Å². The Hall–Kier alpha value is -1.20. The van der Waals surface area contributed by atoms with E-state index in [1.54, 1.807) is 0 Å². The van der Waals surface area contributed by atoms with Crippen molar-refractivity contribution in [3.8, 4) is 5.75 Å². The van der Waals surface area contributed by atoms with Gasteiger partial charge in [-0.25, -0.2) is 8.78 Å². The number of nitrogens with zero attached hydrogens (tertiary/aromatic N) is 1. The quantitative estimate of drug-likeness (QED) is 0.748. The van der Waals surface area contributed by atoms with Crippen LogP contribution in [0.3, 0.4) is 0 Å². The minimum atomic E-state index is -0.921. The molecule has 0 saturated heterocycles. The highest BCUT2D eigenvalue weighted by molar-refractivity contribution is 5.29. The van der Waals surface area contributed by atoms with Crippen molar-refractivity contribution in [3.63, 3.8) is 0 Å². The lowest BCUT2D eigenvalue weighted by atomic mass is 10.2. The van der Waals surface area contributed by atoms with E-state index in [1.807, 2.05) is 14.1 Å². The highest BCUT2D eigenvalue weighted by Crippen LogP contribution is 2.21. The molecule has 0 fully saturated rings. The van der Waals surface area contributed by atoms with E-state index < -0.39 is 17.4 Å². The maximum atomic E-state index is 13.0. The van der Waals surface area contributed by atoms with Crippen LogP contribution in [0.2, 0.25) is 0 Å². The first-order chi connectivity index (χ1) is 8.00. The van der Waals surface area contributed by atoms with E-state index in [0.717, 1.165) is 31.6 Å². The first-order valence-electron chi connectivity index (χ1n) is 5.53. The van der Waals surface area contributed by atoms with Gasteiger partial charge in [0.1, 0.15) is 0 Å². The highest BCUT2D eigenvalue weighted by Gasteiger charge is 2.08. The van der Waals surface area contributed by atoms with E-state index >= 15 is 0 Å². The summed E-state index contributed by atoms with van der Waals surface area (Å²) < 4.78 is 26.0. The van der Waals surface area contributed by atoms with Crippen LogP contribution in [0.4, 0.5) is 8.78 Å². The molecule has 0 aromatic heterocycles. The third kappa shape index (κ3) is 4.66. The fourth-order valence-electron chi connectivity index (χ4n) is 1.47. The third-order valence-corrected chi connectivity index (χ3v) is 2.36. The van der Waals surface area contributed by atoms with Crippen LogP contribution in [-0.2, 0) is 6.54 Å². The van der Waals surface area contributed by atoms with Gasteiger partial charge in [-0.1, -0.05) is 0 Å². The molecule has 0 saturated carbocycles. The molecule has 0 aliphatic carbocycles. The molecule has 0 amide bonds. The Balaban J connectivity index is 2.37. The van der Waals surface area contributed by atoms with Gasteiger partial charge < -0.3 is 15.3 Å². The molecule has 0 radical (unpaired) electrons. The van der Waals surface area contributed by atoms with Crippen molar-refractivity contribution in [1.29, 1.82) is 0 Å². The lowest BCUT2D eigenvalue weighted by Gasteiger charge is -2.10. The standard InChI is InChI=1S/C12H18F2N2O/c1-16(2)5-3-4-15-8-9-6-10(13)12(17)11(14)7-9/h6-7,15,17H,3-5,8H2,1-2H3. The molecule has 0 unspecified atom stereocenters. The molecule has 5 heteroatoms. The van der Waals surface area contributed by atoms with Crippen molar-refractivity contribution < 1.29 is 13.9 Å². The Morgan fingerprint density at radius 3 is 2.35 bits per heavy atom. The van der Waals surface area contributed by atoms with Crippen LogP contribution in [0.5, 0.6) is 5.75 Å². The summed E-state index contributed by atoms with van der Waals surface area (Å²) in [7, 11) is 3.98. The monoisotopic (exact) mass is 244 g/mol. The topological polar surface area (TPSA) is 35.5 Å². The number of rotatable bonds is 6. The van der Waals surface area contributed by atoms with Crippen LogP contribution in [0, 0.1) is 11.6 Å². The molecule has 1 aromatic carbocycles. The molecule has 1 rings (SSSR count). The molecule has 0 atom stereocenters. The Kier molecular flexibility index (Phi) is 5.31. The largest absolute Gasteiger partial charge is 0.503 e. The SMILES string of the molecule is CN(C)CCCNCc1cc(F)c(O)c(F)c1. The van der Waals surface area contributed by atoms with Crippen molar-refractivity contribution in [2.45, 2.75) is 13.0 Å². The van der Waals surface area contributed by atoms with Crippen LogP contribution in [0.15, 0.2) is 12.1 Å². The summed E-state index contributed by atoms with van der Waals surface area (Å²) in [6.07, 6.45) is 0.968. The van der Waals surface area contributed by atoms with Gasteiger partial charge >= 0.3 is 0 Å². The number of halogens is 2. The fourth-order valence-corrected chi connectivity index (χ4v) is 1.47. The molecule has 3 nitrogen and oxygen atoms in total. The number of aromatic hydroxyl groups is 1. The second-order valence-corrected chi connectivity index (χ2v) is 4.24. The number of benzene rings is 1. The number of phenolic OH excluding ortho intramolecular Hbond substituents is 1. The summed E-state index contributed by atoms with van der Waals surface area (Å²) in [6.45, 7) is 2.13. The van der Waals surface area contributed by atoms with Crippen LogP contribution in [-0.4, -0.2) is 37.2 Å². The fraction of sp³-hybridized carbons (Fsp3) is 0.500. The maximum Gasteiger partial charge on any atom is 0.187 e. The number of hydrogen-bond donors (Lipinski definition) is 2. The first-order valence-corrected chi connectivity index (χ1v) is 5.53. The predicted molar refractivity (Wildman–Crippen MR) is 62.9 cm³/mol. The predicted octanol–water partition coefficient (Wildman–Crippen LogP) is 1.71. The maximum absolute atomic E-state index is 13.0. The summed E-state index contributed by atoms with van der Waals surface area (Å²) in [6, 6.07) is 2.27. The Morgan fingerprint density at radius 2 is 1.82 bits per heavy atom. The van der Waals surface area contributed by atoms with Crippen molar-refractivity contribution in [1.82, 2.24) is 10.2 Å². The second-order valence-electron chi connectivity index (χ2n) is 4.24. The minimum Gasteiger partial charge on any atom is -0.503 e. The molecule has 0 spiro atoms. The van der Waals surface area contributed by atoms with Gasteiger partial charge in [-0.05, 0) is 51.3 Å². The van der Waals surface area contributed by atoms with E-state index in [9.17, 15) is 8.78 Å². The number of hydrogen-bond acceptors (Lipinski definition) is 3. The second kappa shape index (κ2) is 6.51. The normalized spacial score (nSPS) is 11.1. The lowest BCUT2D eigenvalue weighted by molar-refractivity contribution is 0.391. The summed E-state index contributed by atoms with van der Waals surface area (Å²) >= 11 is 0. The van der Waals surface area contributed by atoms with Crippen molar-refractivity contribution >= 4 is 0 Å². The van der Waals surface area contributed by atoms with Gasteiger partial charge in [0.15, 0.2) is 17.4 Å². The van der Waals surface area contributed by atoms with Crippen LogP contribution < -0.4 is 5.32 Å². The van der Waals surface area contributed by atoms with E-state index in [-0.39, 0.29) is 0 Å². The Morgan fingerprint density at radius 1 is 1.24 bits per heavy atom. The van der Waals surface area contributed by atoms with Gasteiger partial charge in [0.05, 0.1) is 0 Å². The van der Waals surface area contributed by atoms with Gasteiger partial charge in [0.2, 0.25) is 0 Å². The van der Waals surface area contributed by atoms with Crippen molar-refractivity contribution in [2.75, 3.05) is 27.2 Å². The van der Waals surface area contributed by atoms with E-state index in [1.165, 1.54) is 0 Å². The summed E-state index contributed by atoms with van der Waals surface area (Å²) in [5.74, 6) is -2.76. The zero-order valence-corrected chi connectivity index (χ0v) is 10.1. The van der Waals surface area contributed by atoms with Gasteiger partial charge in [-0.15, -0.1) is 0 Å². The molecule has 2 N–H and O–H groups in total. The van der Waals surface area contributed by atoms with Gasteiger partial charge in [0.25, 0.3) is 0 Å². The smallest absolute Gasteiger partial charge is 0.187 e. The van der Waals surface area contributed by atoms with Crippen molar-refractivity contribution in [3.05, 3.63) is 29.3 Å². The molecule has 1 aromatic rings. The Bertz CT molecular complexity index is 347. The zero-order chi connectivity index (χ0) is 12.8. The zero-order valence-electron chi connectivity index (χ0n) is 10.1. The molecular formula is C12H18F2N2O. The van der Waals surface area contributed by atoms with Crippen molar-refractivity contribution in [2.24, 2.45) is 0 Å². The van der Waals surface area contributed by atoms with E-state index in [2.05, 4.69) is 10.2 Å². The number of nitrogens with one attached hydrogen (secondary N) is 1. The minimum absolute atomic E-state index is 0.390. The summed E-state index contributed by atoms with van der Waals surface area (Å²) in [5, 5.41) is 12.0. The Labute approximate surface area is 100 Å². The van der Waals surface area contributed by atoms with E-state index in [4.69, 9.17) is 5.11 Å². The molecule has 17 heavy (non-hydrogen) atoms. The van der Waals surface area contributed by atoms with Crippen LogP contribution in [0.1, 0.15) is 12.0 Å². The molecular weight excluding hydrogens is 226 g/mol.